The van der Waals surface area contributed by atoms with Gasteiger partial charge in [-0.1, -0.05) is 30.3 Å². The maximum Gasteiger partial charge on any atom is 0.277 e. The fourth-order valence-electron chi connectivity index (χ4n) is 2.22. The number of anilines is 1. The molecule has 20 heavy (non-hydrogen) atoms. The summed E-state index contributed by atoms with van der Waals surface area (Å²) >= 11 is 0. The second-order valence-corrected chi connectivity index (χ2v) is 4.23. The molecule has 0 saturated heterocycles. The van der Waals surface area contributed by atoms with Gasteiger partial charge >= 0.3 is 0 Å². The summed E-state index contributed by atoms with van der Waals surface area (Å²) in [4.78, 5) is 27.5. The van der Waals surface area contributed by atoms with Crippen LogP contribution in [0.2, 0.25) is 0 Å². The van der Waals surface area contributed by atoms with Gasteiger partial charge in [-0.15, -0.1) is 0 Å². The Morgan fingerprint density at radius 2 is 1.80 bits per heavy atom. The lowest BCUT2D eigenvalue weighted by molar-refractivity contribution is 0.0878. The van der Waals surface area contributed by atoms with Crippen LogP contribution in [-0.2, 0) is 0 Å². The molecule has 1 aromatic heterocycles. The second kappa shape index (κ2) is 4.17. The van der Waals surface area contributed by atoms with Gasteiger partial charge in [0.25, 0.3) is 11.8 Å². The Morgan fingerprint density at radius 1 is 1.10 bits per heavy atom. The molecule has 96 valence electrons. The Hall–Kier alpha value is -3.20. The molecule has 2 amide bonds. The molecule has 0 fully saturated rings. The molecule has 3 rings (SSSR count). The molecule has 0 unspecified atom stereocenters. The summed E-state index contributed by atoms with van der Waals surface area (Å²) in [7, 11) is 0. The summed E-state index contributed by atoms with van der Waals surface area (Å²) < 4.78 is 0. The van der Waals surface area contributed by atoms with Gasteiger partial charge in [-0.2, -0.15) is 5.26 Å². The molecule has 6 heteroatoms. The van der Waals surface area contributed by atoms with Crippen LogP contribution >= 0.6 is 0 Å². The topological polar surface area (TPSA) is 109 Å². The number of fused-ring (bicyclic) bond motifs is 1. The SMILES string of the molecule is N#Cc1c(N)nc2c(c1-c1ccccc1)C(=O)NC2=O. The van der Waals surface area contributed by atoms with Crippen molar-refractivity contribution in [2.24, 2.45) is 0 Å². The Kier molecular flexibility index (Phi) is 2.48. The van der Waals surface area contributed by atoms with Gasteiger partial charge < -0.3 is 5.73 Å². The number of carbonyl (C=O) groups excluding carboxylic acids is 2. The Morgan fingerprint density at radius 3 is 2.45 bits per heavy atom. The zero-order chi connectivity index (χ0) is 14.3. The number of nitrogens with zero attached hydrogens (tertiary/aromatic N) is 2. The molecule has 0 saturated carbocycles. The smallest absolute Gasteiger partial charge is 0.277 e. The lowest BCUT2D eigenvalue weighted by Crippen LogP contribution is -2.20. The van der Waals surface area contributed by atoms with Crippen LogP contribution in [0.15, 0.2) is 30.3 Å². The number of rotatable bonds is 1. The van der Waals surface area contributed by atoms with Gasteiger partial charge in [0, 0.05) is 5.56 Å². The first-order valence-corrected chi connectivity index (χ1v) is 5.78. The number of benzene rings is 1. The summed E-state index contributed by atoms with van der Waals surface area (Å²) in [6.07, 6.45) is 0. The van der Waals surface area contributed by atoms with Gasteiger partial charge in [0.1, 0.15) is 23.1 Å². The van der Waals surface area contributed by atoms with Crippen LogP contribution in [0.5, 0.6) is 0 Å². The maximum atomic E-state index is 11.9. The second-order valence-electron chi connectivity index (χ2n) is 4.23. The number of imide groups is 1. The number of hydrogen-bond donors (Lipinski definition) is 2. The van der Waals surface area contributed by atoms with Crippen molar-refractivity contribution in [3.05, 3.63) is 47.2 Å². The van der Waals surface area contributed by atoms with E-state index in [1.165, 1.54) is 0 Å². The van der Waals surface area contributed by atoms with Crippen molar-refractivity contribution in [2.45, 2.75) is 0 Å². The molecule has 0 spiro atoms. The first-order chi connectivity index (χ1) is 9.63. The highest BCUT2D eigenvalue weighted by Crippen LogP contribution is 2.33. The van der Waals surface area contributed by atoms with Crippen LogP contribution in [0.25, 0.3) is 11.1 Å². The van der Waals surface area contributed by atoms with E-state index in [1.807, 2.05) is 12.1 Å². The standard InChI is InChI=1S/C14H8N4O2/c15-6-8-9(7-4-2-1-3-5-7)10-11(17-12(8)16)14(20)18-13(10)19/h1-5H,(H2,16,17)(H,18,19,20). The molecule has 1 aliphatic rings. The van der Waals surface area contributed by atoms with E-state index in [2.05, 4.69) is 10.3 Å². The lowest BCUT2D eigenvalue weighted by atomic mass is 9.95. The zero-order valence-electron chi connectivity index (χ0n) is 10.2. The fraction of sp³-hybridized carbons (Fsp3) is 0. The molecule has 0 atom stereocenters. The van der Waals surface area contributed by atoms with Gasteiger partial charge in [-0.05, 0) is 5.56 Å². The van der Waals surface area contributed by atoms with E-state index in [0.717, 1.165) is 0 Å². The van der Waals surface area contributed by atoms with Crippen molar-refractivity contribution in [3.8, 4) is 17.2 Å². The van der Waals surface area contributed by atoms with E-state index in [4.69, 9.17) is 5.73 Å². The maximum absolute atomic E-state index is 11.9. The van der Waals surface area contributed by atoms with Crippen LogP contribution in [0.3, 0.4) is 0 Å². The third-order valence-corrected chi connectivity index (χ3v) is 3.07. The van der Waals surface area contributed by atoms with Gasteiger partial charge in [0.15, 0.2) is 0 Å². The summed E-state index contributed by atoms with van der Waals surface area (Å²) in [5.74, 6) is -1.22. The first kappa shape index (κ1) is 11.9. The summed E-state index contributed by atoms with van der Waals surface area (Å²) in [5.41, 5.74) is 6.87. The van der Waals surface area contributed by atoms with Gasteiger partial charge in [0.05, 0.1) is 5.56 Å². The van der Waals surface area contributed by atoms with Crippen molar-refractivity contribution < 1.29 is 9.59 Å². The molecule has 0 aliphatic carbocycles. The molecule has 2 aromatic rings. The van der Waals surface area contributed by atoms with E-state index in [9.17, 15) is 14.9 Å². The number of amides is 2. The molecule has 0 radical (unpaired) electrons. The highest BCUT2D eigenvalue weighted by molar-refractivity contribution is 6.24. The van der Waals surface area contributed by atoms with Crippen molar-refractivity contribution in [2.75, 3.05) is 5.73 Å². The minimum atomic E-state index is -0.599. The number of nitrogen functional groups attached to an aromatic ring is 1. The summed E-state index contributed by atoms with van der Waals surface area (Å²) in [6, 6.07) is 10.8. The van der Waals surface area contributed by atoms with Gasteiger partial charge in [-0.25, -0.2) is 4.98 Å². The van der Waals surface area contributed by atoms with E-state index in [0.29, 0.717) is 11.1 Å². The van der Waals surface area contributed by atoms with E-state index in [1.54, 1.807) is 24.3 Å². The highest BCUT2D eigenvalue weighted by atomic mass is 16.2. The Balaban J connectivity index is 2.44. The lowest BCUT2D eigenvalue weighted by Gasteiger charge is -2.10. The van der Waals surface area contributed by atoms with Crippen LogP contribution in [-0.4, -0.2) is 16.8 Å². The van der Waals surface area contributed by atoms with E-state index < -0.39 is 11.8 Å². The van der Waals surface area contributed by atoms with Crippen molar-refractivity contribution in [1.82, 2.24) is 10.3 Å². The highest BCUT2D eigenvalue weighted by Gasteiger charge is 2.34. The summed E-state index contributed by atoms with van der Waals surface area (Å²) in [5, 5.41) is 11.4. The molecule has 0 bridgehead atoms. The van der Waals surface area contributed by atoms with Crippen molar-refractivity contribution in [1.29, 1.82) is 5.26 Å². The van der Waals surface area contributed by atoms with E-state index >= 15 is 0 Å². The number of nitrogens with one attached hydrogen (secondary N) is 1. The Labute approximate surface area is 113 Å². The average Bonchev–Trinajstić information content (AvgIpc) is 2.73. The van der Waals surface area contributed by atoms with Crippen LogP contribution in [0.4, 0.5) is 5.82 Å². The first-order valence-electron chi connectivity index (χ1n) is 5.78. The predicted molar refractivity (Wildman–Crippen MR) is 70.6 cm³/mol. The van der Waals surface area contributed by atoms with Gasteiger partial charge in [-0.3, -0.25) is 14.9 Å². The van der Waals surface area contributed by atoms with Crippen LogP contribution < -0.4 is 11.1 Å². The zero-order valence-corrected chi connectivity index (χ0v) is 10.2. The molecule has 3 N–H and O–H groups in total. The average molecular weight is 264 g/mol. The molecule has 6 nitrogen and oxygen atoms in total. The number of nitrogens with two attached hydrogens (primary N) is 1. The number of nitriles is 1. The minimum absolute atomic E-state index is 0.0367. The fourth-order valence-corrected chi connectivity index (χ4v) is 2.22. The number of pyridine rings is 1. The van der Waals surface area contributed by atoms with Crippen molar-refractivity contribution >= 4 is 17.6 Å². The van der Waals surface area contributed by atoms with Crippen LogP contribution in [0.1, 0.15) is 26.4 Å². The van der Waals surface area contributed by atoms with Gasteiger partial charge in [0.2, 0.25) is 0 Å². The monoisotopic (exact) mass is 264 g/mol. The third kappa shape index (κ3) is 1.54. The quantitative estimate of drug-likeness (QED) is 0.749. The summed E-state index contributed by atoms with van der Waals surface area (Å²) in [6.45, 7) is 0. The third-order valence-electron chi connectivity index (χ3n) is 3.07. The molecule has 2 heterocycles. The molecular formula is C14H8N4O2. The number of hydrogen-bond acceptors (Lipinski definition) is 5. The predicted octanol–water partition coefficient (Wildman–Crippen LogP) is 1.09. The Bertz CT molecular complexity index is 791. The minimum Gasteiger partial charge on any atom is -0.383 e. The van der Waals surface area contributed by atoms with Crippen LogP contribution in [0, 0.1) is 11.3 Å². The van der Waals surface area contributed by atoms with E-state index in [-0.39, 0.29) is 22.6 Å². The number of aromatic nitrogens is 1. The molecule has 1 aromatic carbocycles. The number of carbonyl (C=O) groups is 2. The normalized spacial score (nSPS) is 12.8. The van der Waals surface area contributed by atoms with Crippen molar-refractivity contribution in [3.63, 3.8) is 0 Å². The molecular weight excluding hydrogens is 256 g/mol. The largest absolute Gasteiger partial charge is 0.383 e. The molecule has 1 aliphatic heterocycles.